The molecule has 0 aliphatic carbocycles. The first-order valence-electron chi connectivity index (χ1n) is 5.95. The predicted molar refractivity (Wildman–Crippen MR) is 67.7 cm³/mol. The highest BCUT2D eigenvalue weighted by atomic mass is 16.6. The van der Waals surface area contributed by atoms with E-state index in [4.69, 9.17) is 9.15 Å². The van der Waals surface area contributed by atoms with Gasteiger partial charge in [0.1, 0.15) is 0 Å². The number of ether oxygens (including phenoxy) is 2. The van der Waals surface area contributed by atoms with Gasteiger partial charge in [-0.2, -0.15) is 0 Å². The van der Waals surface area contributed by atoms with Gasteiger partial charge in [-0.1, -0.05) is 25.5 Å². The summed E-state index contributed by atoms with van der Waals surface area (Å²) in [7, 11) is 1.33. The average molecular weight is 248 g/mol. The molecule has 18 heavy (non-hydrogen) atoms. The number of carbonyl (C=O) groups excluding carboxylic acids is 1. The molecular weight excluding hydrogens is 232 g/mol. The summed E-state index contributed by atoms with van der Waals surface area (Å²) in [6.07, 6.45) is 3.77. The first kappa shape index (κ1) is 12.5. The summed E-state index contributed by atoms with van der Waals surface area (Å²) in [6.45, 7) is 2.01. The summed E-state index contributed by atoms with van der Waals surface area (Å²) in [5.41, 5.74) is 1.85. The van der Waals surface area contributed by atoms with Gasteiger partial charge in [-0.15, -0.1) is 0 Å². The summed E-state index contributed by atoms with van der Waals surface area (Å²) in [5, 5.41) is 1.04. The van der Waals surface area contributed by atoms with Crippen molar-refractivity contribution in [2.75, 3.05) is 13.7 Å². The van der Waals surface area contributed by atoms with Crippen LogP contribution < -0.4 is 4.74 Å². The fourth-order valence-corrected chi connectivity index (χ4v) is 1.86. The Morgan fingerprint density at radius 1 is 1.39 bits per heavy atom. The van der Waals surface area contributed by atoms with Crippen LogP contribution in [-0.4, -0.2) is 19.7 Å². The van der Waals surface area contributed by atoms with E-state index in [1.165, 1.54) is 7.11 Å². The molecule has 0 bridgehead atoms. The molecule has 0 amide bonds. The zero-order valence-corrected chi connectivity index (χ0v) is 10.6. The van der Waals surface area contributed by atoms with Crippen molar-refractivity contribution in [3.63, 3.8) is 0 Å². The lowest BCUT2D eigenvalue weighted by atomic mass is 10.1. The molecule has 0 saturated carbocycles. The Kier molecular flexibility index (Phi) is 3.87. The third kappa shape index (κ3) is 2.47. The number of aryl methyl sites for hydroxylation is 1. The van der Waals surface area contributed by atoms with Gasteiger partial charge in [-0.3, -0.25) is 0 Å². The van der Waals surface area contributed by atoms with Gasteiger partial charge in [0.05, 0.1) is 13.4 Å². The smallest absolute Gasteiger partial charge is 0.343 e. The molecule has 4 nitrogen and oxygen atoms in total. The van der Waals surface area contributed by atoms with Crippen LogP contribution in [0.3, 0.4) is 0 Å². The number of rotatable bonds is 5. The van der Waals surface area contributed by atoms with Gasteiger partial charge in [-0.05, 0) is 18.1 Å². The van der Waals surface area contributed by atoms with Crippen molar-refractivity contribution in [2.45, 2.75) is 19.8 Å². The van der Waals surface area contributed by atoms with Crippen molar-refractivity contribution in [3.8, 4) is 5.75 Å². The summed E-state index contributed by atoms with van der Waals surface area (Å²) in [4.78, 5) is 11.1. The fraction of sp³-hybridized carbons (Fsp3) is 0.357. The van der Waals surface area contributed by atoms with Crippen molar-refractivity contribution in [2.24, 2.45) is 0 Å². The van der Waals surface area contributed by atoms with Gasteiger partial charge >= 0.3 is 5.97 Å². The molecule has 96 valence electrons. The molecule has 4 heteroatoms. The maximum Gasteiger partial charge on any atom is 0.343 e. The molecular formula is C14H16O4. The lowest BCUT2D eigenvalue weighted by molar-refractivity contribution is -0.142. The second kappa shape index (κ2) is 5.58. The van der Waals surface area contributed by atoms with Gasteiger partial charge in [0.25, 0.3) is 0 Å². The molecule has 0 unspecified atom stereocenters. The van der Waals surface area contributed by atoms with E-state index >= 15 is 0 Å². The molecule has 1 aromatic carbocycles. The lowest BCUT2D eigenvalue weighted by Gasteiger charge is -2.05. The Morgan fingerprint density at radius 2 is 2.22 bits per heavy atom. The molecule has 1 heterocycles. The number of fused-ring (bicyclic) bond motifs is 1. The van der Waals surface area contributed by atoms with Crippen LogP contribution in [0.5, 0.6) is 5.75 Å². The summed E-state index contributed by atoms with van der Waals surface area (Å²) >= 11 is 0. The van der Waals surface area contributed by atoms with Crippen molar-refractivity contribution >= 4 is 16.9 Å². The first-order valence-corrected chi connectivity index (χ1v) is 5.95. The highest BCUT2D eigenvalue weighted by Gasteiger charge is 2.11. The van der Waals surface area contributed by atoms with E-state index in [0.29, 0.717) is 11.3 Å². The van der Waals surface area contributed by atoms with E-state index in [-0.39, 0.29) is 6.61 Å². The minimum Gasteiger partial charge on any atom is -0.478 e. The van der Waals surface area contributed by atoms with Crippen LogP contribution in [0.4, 0.5) is 0 Å². The van der Waals surface area contributed by atoms with Crippen LogP contribution in [0.2, 0.25) is 0 Å². The van der Waals surface area contributed by atoms with Gasteiger partial charge in [0.2, 0.25) is 0 Å². The average Bonchev–Trinajstić information content (AvgIpc) is 2.80. The normalized spacial score (nSPS) is 10.6. The predicted octanol–water partition coefficient (Wildman–Crippen LogP) is 2.94. The third-order valence-corrected chi connectivity index (χ3v) is 2.74. The Labute approximate surface area is 105 Å². The van der Waals surface area contributed by atoms with E-state index in [1.807, 2.05) is 12.1 Å². The molecule has 0 atom stereocenters. The summed E-state index contributed by atoms with van der Waals surface area (Å²) in [5.74, 6) is 0.160. The van der Waals surface area contributed by atoms with Crippen LogP contribution in [0.15, 0.2) is 28.9 Å². The molecule has 2 rings (SSSR count). The second-order valence-electron chi connectivity index (χ2n) is 4.01. The van der Waals surface area contributed by atoms with Crippen molar-refractivity contribution in [1.82, 2.24) is 0 Å². The largest absolute Gasteiger partial charge is 0.478 e. The third-order valence-electron chi connectivity index (χ3n) is 2.74. The zero-order chi connectivity index (χ0) is 13.0. The number of carbonyl (C=O) groups is 1. The van der Waals surface area contributed by atoms with Crippen LogP contribution in [0.25, 0.3) is 11.0 Å². The molecule has 2 aromatic rings. The van der Waals surface area contributed by atoms with Crippen molar-refractivity contribution in [1.29, 1.82) is 0 Å². The van der Waals surface area contributed by atoms with Gasteiger partial charge < -0.3 is 13.9 Å². The van der Waals surface area contributed by atoms with E-state index in [1.54, 1.807) is 12.3 Å². The van der Waals surface area contributed by atoms with Crippen LogP contribution in [0, 0.1) is 0 Å². The first-order chi connectivity index (χ1) is 8.76. The SMILES string of the molecule is CCCc1coc2c(OCC(=O)OC)cccc12. The van der Waals surface area contributed by atoms with Gasteiger partial charge in [-0.25, -0.2) is 4.79 Å². The quantitative estimate of drug-likeness (QED) is 0.763. The fourth-order valence-electron chi connectivity index (χ4n) is 1.86. The summed E-state index contributed by atoms with van der Waals surface area (Å²) in [6, 6.07) is 5.67. The van der Waals surface area contributed by atoms with Crippen LogP contribution >= 0.6 is 0 Å². The second-order valence-corrected chi connectivity index (χ2v) is 4.01. The number of benzene rings is 1. The summed E-state index contributed by atoms with van der Waals surface area (Å²) < 4.78 is 15.4. The highest BCUT2D eigenvalue weighted by molar-refractivity contribution is 5.86. The maximum absolute atomic E-state index is 11.1. The molecule has 0 radical (unpaired) electrons. The zero-order valence-electron chi connectivity index (χ0n) is 10.6. The van der Waals surface area contributed by atoms with Crippen LogP contribution in [0.1, 0.15) is 18.9 Å². The highest BCUT2D eigenvalue weighted by Crippen LogP contribution is 2.30. The van der Waals surface area contributed by atoms with E-state index < -0.39 is 5.97 Å². The number of furan rings is 1. The van der Waals surface area contributed by atoms with Gasteiger partial charge in [0, 0.05) is 5.39 Å². The van der Waals surface area contributed by atoms with E-state index in [9.17, 15) is 4.79 Å². The van der Waals surface area contributed by atoms with E-state index in [2.05, 4.69) is 11.7 Å². The molecule has 0 spiro atoms. The molecule has 0 aliphatic heterocycles. The molecule has 1 aromatic heterocycles. The number of methoxy groups -OCH3 is 1. The molecule has 0 saturated heterocycles. The molecule has 0 aliphatic rings. The number of esters is 1. The Morgan fingerprint density at radius 3 is 2.94 bits per heavy atom. The number of hydrogen-bond acceptors (Lipinski definition) is 4. The number of para-hydroxylation sites is 1. The Balaban J connectivity index is 2.26. The maximum atomic E-state index is 11.1. The topological polar surface area (TPSA) is 48.7 Å². The van der Waals surface area contributed by atoms with Crippen molar-refractivity contribution < 1.29 is 18.7 Å². The lowest BCUT2D eigenvalue weighted by Crippen LogP contribution is -2.12. The standard InChI is InChI=1S/C14H16O4/c1-3-5-10-8-18-14-11(10)6-4-7-12(14)17-9-13(15)16-2/h4,6-8H,3,5,9H2,1-2H3. The van der Waals surface area contributed by atoms with Crippen molar-refractivity contribution in [3.05, 3.63) is 30.0 Å². The van der Waals surface area contributed by atoms with E-state index in [0.717, 1.165) is 23.8 Å². The van der Waals surface area contributed by atoms with Gasteiger partial charge in [0.15, 0.2) is 17.9 Å². The minimum absolute atomic E-state index is 0.112. The molecule has 0 N–H and O–H groups in total. The minimum atomic E-state index is -0.410. The number of hydrogen-bond donors (Lipinski definition) is 0. The Bertz CT molecular complexity index is 542. The monoisotopic (exact) mass is 248 g/mol. The van der Waals surface area contributed by atoms with Crippen LogP contribution in [-0.2, 0) is 16.0 Å². The molecule has 0 fully saturated rings. The Hall–Kier alpha value is -1.97.